The first-order valence-electron chi connectivity index (χ1n) is 12.1. The number of para-hydroxylation sites is 1. The minimum absolute atomic E-state index is 0.00295. The van der Waals surface area contributed by atoms with Gasteiger partial charge in [-0.15, -0.1) is 0 Å². The van der Waals surface area contributed by atoms with E-state index in [1.54, 1.807) is 18.2 Å². The second-order valence-electron chi connectivity index (χ2n) is 9.63. The summed E-state index contributed by atoms with van der Waals surface area (Å²) in [7, 11) is 0. The van der Waals surface area contributed by atoms with Crippen LogP contribution in [0.5, 0.6) is 23.0 Å². The van der Waals surface area contributed by atoms with E-state index in [9.17, 15) is 10.1 Å². The molecular weight excluding hydrogens is 468 g/mol. The minimum Gasteiger partial charge on any atom is -0.494 e. The monoisotopic (exact) mass is 498 g/mol. The molecule has 2 N–H and O–H groups in total. The maximum Gasteiger partial charge on any atom is 0.349 e. The van der Waals surface area contributed by atoms with Gasteiger partial charge in [-0.3, -0.25) is 0 Å². The number of hydrogen-bond donors (Lipinski definition) is 1. The van der Waals surface area contributed by atoms with Crippen LogP contribution in [0.4, 0.5) is 0 Å². The van der Waals surface area contributed by atoms with E-state index in [4.69, 9.17) is 24.7 Å². The third kappa shape index (κ3) is 5.70. The molecule has 0 saturated heterocycles. The molecule has 0 spiro atoms. The summed E-state index contributed by atoms with van der Waals surface area (Å²) in [6.45, 7) is 8.52. The number of nitriles is 1. The number of nitrogens with zero attached hydrogens (tertiary/aromatic N) is 1. The summed E-state index contributed by atoms with van der Waals surface area (Å²) in [5.41, 5.74) is 9.12. The number of esters is 1. The molecule has 37 heavy (non-hydrogen) atoms. The van der Waals surface area contributed by atoms with Gasteiger partial charge in [-0.25, -0.2) is 4.79 Å². The lowest BCUT2D eigenvalue weighted by Crippen LogP contribution is -2.22. The van der Waals surface area contributed by atoms with Crippen LogP contribution in [0.2, 0.25) is 0 Å². The molecule has 4 rings (SSSR count). The number of carbonyl (C=O) groups is 1. The van der Waals surface area contributed by atoms with E-state index >= 15 is 0 Å². The molecule has 7 heteroatoms. The Kier molecular flexibility index (Phi) is 7.40. The lowest BCUT2D eigenvalue weighted by molar-refractivity contribution is -0.136. The van der Waals surface area contributed by atoms with Crippen molar-refractivity contribution in [3.8, 4) is 29.1 Å². The van der Waals surface area contributed by atoms with Crippen LogP contribution in [0.15, 0.2) is 78.2 Å². The predicted molar refractivity (Wildman–Crippen MR) is 140 cm³/mol. The summed E-state index contributed by atoms with van der Waals surface area (Å²) in [6.07, 6.45) is 0. The van der Waals surface area contributed by atoms with Crippen molar-refractivity contribution in [3.05, 3.63) is 94.9 Å². The Morgan fingerprint density at radius 3 is 2.38 bits per heavy atom. The molecule has 1 atom stereocenters. The largest absolute Gasteiger partial charge is 0.494 e. The van der Waals surface area contributed by atoms with Crippen molar-refractivity contribution in [2.45, 2.75) is 39.0 Å². The number of ether oxygens (including phenoxy) is 4. The van der Waals surface area contributed by atoms with Gasteiger partial charge in [0.2, 0.25) is 5.88 Å². The van der Waals surface area contributed by atoms with Crippen molar-refractivity contribution in [2.24, 2.45) is 5.73 Å². The second kappa shape index (κ2) is 10.7. The van der Waals surface area contributed by atoms with E-state index in [-0.39, 0.29) is 29.2 Å². The van der Waals surface area contributed by atoms with Crippen LogP contribution in [0.25, 0.3) is 0 Å². The predicted octanol–water partition coefficient (Wildman–Crippen LogP) is 5.59. The highest BCUT2D eigenvalue weighted by Gasteiger charge is 2.33. The maximum absolute atomic E-state index is 12.5. The van der Waals surface area contributed by atoms with Crippen LogP contribution in [-0.4, -0.2) is 19.2 Å². The molecule has 0 aromatic heterocycles. The Morgan fingerprint density at radius 2 is 1.70 bits per heavy atom. The number of allylic oxidation sites excluding steroid dienone is 1. The van der Waals surface area contributed by atoms with Crippen molar-refractivity contribution < 1.29 is 23.7 Å². The third-order valence-electron chi connectivity index (χ3n) is 6.03. The average molecular weight is 499 g/mol. The molecule has 0 saturated carbocycles. The fourth-order valence-electron chi connectivity index (χ4n) is 4.18. The Bertz CT molecular complexity index is 1360. The number of benzene rings is 3. The summed E-state index contributed by atoms with van der Waals surface area (Å²) in [4.78, 5) is 12.5. The molecule has 0 amide bonds. The maximum atomic E-state index is 12.5. The summed E-state index contributed by atoms with van der Waals surface area (Å²) in [5, 5.41) is 9.83. The quantitative estimate of drug-likeness (QED) is 0.335. The fourth-order valence-corrected chi connectivity index (χ4v) is 4.18. The third-order valence-corrected chi connectivity index (χ3v) is 6.03. The Balaban J connectivity index is 1.51. The van der Waals surface area contributed by atoms with Crippen LogP contribution < -0.4 is 24.7 Å². The highest BCUT2D eigenvalue weighted by molar-refractivity contribution is 5.74. The first-order chi connectivity index (χ1) is 17.7. The summed E-state index contributed by atoms with van der Waals surface area (Å²) < 4.78 is 22.6. The smallest absolute Gasteiger partial charge is 0.349 e. The highest BCUT2D eigenvalue weighted by Crippen LogP contribution is 2.45. The van der Waals surface area contributed by atoms with E-state index in [2.05, 4.69) is 26.8 Å². The lowest BCUT2D eigenvalue weighted by atomic mass is 9.83. The van der Waals surface area contributed by atoms with Gasteiger partial charge >= 0.3 is 5.97 Å². The molecule has 0 aliphatic carbocycles. The first-order valence-corrected chi connectivity index (χ1v) is 12.1. The van der Waals surface area contributed by atoms with Crippen molar-refractivity contribution in [3.63, 3.8) is 0 Å². The summed E-state index contributed by atoms with van der Waals surface area (Å²) in [6, 6.07) is 22.3. The molecule has 1 unspecified atom stereocenters. The molecule has 3 aromatic carbocycles. The molecule has 0 radical (unpaired) electrons. The van der Waals surface area contributed by atoms with Crippen LogP contribution in [0, 0.1) is 11.3 Å². The molecule has 190 valence electrons. The second-order valence-corrected chi connectivity index (χ2v) is 9.63. The molecule has 0 fully saturated rings. The normalized spacial score (nSPS) is 14.7. The molecular formula is C30H30N2O5. The van der Waals surface area contributed by atoms with Gasteiger partial charge in [-0.2, -0.15) is 5.26 Å². The van der Waals surface area contributed by atoms with Crippen molar-refractivity contribution in [2.75, 3.05) is 13.2 Å². The zero-order valence-corrected chi connectivity index (χ0v) is 21.4. The highest BCUT2D eigenvalue weighted by atomic mass is 16.6. The number of rotatable bonds is 7. The van der Waals surface area contributed by atoms with E-state index in [1.165, 1.54) is 5.56 Å². The van der Waals surface area contributed by atoms with Crippen LogP contribution in [0.1, 0.15) is 50.3 Å². The van der Waals surface area contributed by atoms with Gasteiger partial charge in [-0.05, 0) is 42.2 Å². The van der Waals surface area contributed by atoms with Crippen molar-refractivity contribution >= 4 is 5.97 Å². The van der Waals surface area contributed by atoms with Crippen LogP contribution in [0.3, 0.4) is 0 Å². The topological polar surface area (TPSA) is 104 Å². The minimum atomic E-state index is -0.560. The van der Waals surface area contributed by atoms with E-state index < -0.39 is 11.9 Å². The fraction of sp³-hybridized carbons (Fsp3) is 0.267. The van der Waals surface area contributed by atoms with Crippen molar-refractivity contribution in [1.82, 2.24) is 0 Å². The van der Waals surface area contributed by atoms with Gasteiger partial charge in [0.05, 0.1) is 12.5 Å². The van der Waals surface area contributed by atoms with Crippen molar-refractivity contribution in [1.29, 1.82) is 5.26 Å². The molecule has 1 aliphatic rings. The average Bonchev–Trinajstić information content (AvgIpc) is 2.87. The standard InChI is InChI=1S/C30H30N2O5/c1-5-34-25-9-7-6-8-22(25)28-23-15-14-21(16-26(23)37-29(32)24(28)17-31)36-27(33)18-35-20-12-10-19(11-13-20)30(2,3)4/h6-16,28H,5,18,32H2,1-4H3. The molecule has 1 aliphatic heterocycles. The number of nitrogens with two attached hydrogens (primary N) is 1. The SMILES string of the molecule is CCOc1ccccc1C1C(C#N)=C(N)Oc2cc(OC(=O)COc3ccc(C(C)(C)C)cc3)ccc21. The van der Waals surface area contributed by atoms with E-state index in [0.29, 0.717) is 29.4 Å². The van der Waals surface area contributed by atoms with Gasteiger partial charge in [0.1, 0.15) is 34.6 Å². The zero-order chi connectivity index (χ0) is 26.6. The van der Waals surface area contributed by atoms with Gasteiger partial charge in [0.25, 0.3) is 0 Å². The molecule has 7 nitrogen and oxygen atoms in total. The Hall–Kier alpha value is -4.44. The summed E-state index contributed by atoms with van der Waals surface area (Å²) in [5.74, 6) is 0.868. The summed E-state index contributed by atoms with van der Waals surface area (Å²) >= 11 is 0. The lowest BCUT2D eigenvalue weighted by Gasteiger charge is -2.27. The van der Waals surface area contributed by atoms with Gasteiger partial charge < -0.3 is 24.7 Å². The molecule has 1 heterocycles. The van der Waals surface area contributed by atoms with Gasteiger partial charge in [0.15, 0.2) is 6.61 Å². The molecule has 3 aromatic rings. The van der Waals surface area contributed by atoms with E-state index in [1.807, 2.05) is 55.5 Å². The van der Waals surface area contributed by atoms with Crippen LogP contribution in [-0.2, 0) is 10.2 Å². The molecule has 0 bridgehead atoms. The number of hydrogen-bond acceptors (Lipinski definition) is 7. The Labute approximate surface area is 217 Å². The number of carbonyl (C=O) groups excluding carboxylic acids is 1. The van der Waals surface area contributed by atoms with Crippen LogP contribution >= 0.6 is 0 Å². The van der Waals surface area contributed by atoms with Gasteiger partial charge in [0, 0.05) is 17.2 Å². The number of fused-ring (bicyclic) bond motifs is 1. The van der Waals surface area contributed by atoms with E-state index in [0.717, 1.165) is 5.56 Å². The zero-order valence-electron chi connectivity index (χ0n) is 21.4. The Morgan fingerprint density at radius 1 is 1.00 bits per heavy atom. The first kappa shape index (κ1) is 25.6. The van der Waals surface area contributed by atoms with Gasteiger partial charge in [-0.1, -0.05) is 57.2 Å².